The number of hydrogen-bond donors (Lipinski definition) is 0. The largest absolute Gasteiger partial charge is 0.750 e. The molecule has 0 bridgehead atoms. The lowest BCUT2D eigenvalue weighted by Crippen LogP contribution is -2.00. The third kappa shape index (κ3) is 12.1. The zero-order chi connectivity index (χ0) is 10.1. The van der Waals surface area contributed by atoms with E-state index in [0.29, 0.717) is 19.3 Å². The lowest BCUT2D eigenvalue weighted by Gasteiger charge is -2.06. The minimum Gasteiger partial charge on any atom is -0.750 e. The van der Waals surface area contributed by atoms with E-state index in [-0.39, 0.29) is 13.2 Å². The van der Waals surface area contributed by atoms with Crippen molar-refractivity contribution in [2.45, 2.75) is 19.3 Å². The molecule has 0 heterocycles. The number of hydrogen-bond acceptors (Lipinski definition) is 6. The van der Waals surface area contributed by atoms with Gasteiger partial charge in [-0.25, -0.2) is 8.42 Å². The molecule has 0 N–H and O–H groups in total. The Kier molecular flexibility index (Phi) is 8.82. The van der Waals surface area contributed by atoms with Crippen LogP contribution in [-0.2, 0) is 31.1 Å². The standard InChI is InChI=1S/C5H12O6S2/c6-12(7)10-4-2-1-3-5-11-13(8)9/h1-5H2,(H,6,7)(H,8,9)/p-2. The van der Waals surface area contributed by atoms with Crippen LogP contribution in [0.5, 0.6) is 0 Å². The number of unbranched alkanes of at least 4 members (excludes halogenated alkanes) is 2. The Balaban J connectivity index is 3.00. The molecule has 0 aliphatic rings. The van der Waals surface area contributed by atoms with E-state index >= 15 is 0 Å². The topological polar surface area (TPSA) is 98.7 Å². The highest BCUT2D eigenvalue weighted by Gasteiger charge is 1.91. The summed E-state index contributed by atoms with van der Waals surface area (Å²) in [7, 11) is 0. The van der Waals surface area contributed by atoms with Crippen molar-refractivity contribution in [1.29, 1.82) is 0 Å². The lowest BCUT2D eigenvalue weighted by molar-refractivity contribution is 0.270. The van der Waals surface area contributed by atoms with Gasteiger partial charge < -0.3 is 17.5 Å². The first-order valence-corrected chi connectivity index (χ1v) is 5.58. The van der Waals surface area contributed by atoms with E-state index < -0.39 is 22.7 Å². The maximum Gasteiger partial charge on any atom is 0.0842 e. The van der Waals surface area contributed by atoms with Crippen molar-refractivity contribution in [3.63, 3.8) is 0 Å². The molecule has 2 atom stereocenters. The average molecular weight is 230 g/mol. The van der Waals surface area contributed by atoms with Gasteiger partial charge in [0.25, 0.3) is 0 Å². The van der Waals surface area contributed by atoms with Crippen LogP contribution in [0.4, 0.5) is 0 Å². The van der Waals surface area contributed by atoms with Gasteiger partial charge in [-0.3, -0.25) is 0 Å². The van der Waals surface area contributed by atoms with Crippen molar-refractivity contribution in [2.75, 3.05) is 13.2 Å². The third-order valence-corrected chi connectivity index (χ3v) is 1.87. The Labute approximate surface area is 81.6 Å². The molecule has 0 aromatic carbocycles. The Morgan fingerprint density at radius 1 is 0.846 bits per heavy atom. The second kappa shape index (κ2) is 8.73. The van der Waals surface area contributed by atoms with Crippen molar-refractivity contribution >= 4 is 22.7 Å². The summed E-state index contributed by atoms with van der Waals surface area (Å²) in [5.74, 6) is 0. The molecule has 2 unspecified atom stereocenters. The average Bonchev–Trinajstić information content (AvgIpc) is 2.01. The minimum atomic E-state index is -2.46. The fraction of sp³-hybridized carbons (Fsp3) is 1.00. The van der Waals surface area contributed by atoms with Crippen LogP contribution in [0.25, 0.3) is 0 Å². The zero-order valence-corrected chi connectivity index (χ0v) is 8.43. The summed E-state index contributed by atoms with van der Waals surface area (Å²) in [5.41, 5.74) is 0. The molecule has 0 fully saturated rings. The third-order valence-electron chi connectivity index (χ3n) is 1.15. The van der Waals surface area contributed by atoms with Gasteiger partial charge in [-0.2, -0.15) is 0 Å². The highest BCUT2D eigenvalue weighted by Crippen LogP contribution is 1.97. The van der Waals surface area contributed by atoms with Crippen molar-refractivity contribution in [3.05, 3.63) is 0 Å². The quantitative estimate of drug-likeness (QED) is 0.422. The van der Waals surface area contributed by atoms with Gasteiger partial charge in [-0.15, -0.1) is 0 Å². The highest BCUT2D eigenvalue weighted by atomic mass is 32.2. The van der Waals surface area contributed by atoms with Gasteiger partial charge in [0.15, 0.2) is 0 Å². The van der Waals surface area contributed by atoms with Gasteiger partial charge >= 0.3 is 0 Å². The molecule has 13 heavy (non-hydrogen) atoms. The van der Waals surface area contributed by atoms with Crippen LogP contribution in [0.2, 0.25) is 0 Å². The first-order chi connectivity index (χ1) is 6.13. The zero-order valence-electron chi connectivity index (χ0n) is 6.80. The van der Waals surface area contributed by atoms with Crippen molar-refractivity contribution < 1.29 is 25.9 Å². The monoisotopic (exact) mass is 230 g/mol. The van der Waals surface area contributed by atoms with E-state index in [1.165, 1.54) is 0 Å². The van der Waals surface area contributed by atoms with Crippen molar-refractivity contribution in [3.8, 4) is 0 Å². The molecule has 0 rings (SSSR count). The van der Waals surface area contributed by atoms with E-state index in [4.69, 9.17) is 0 Å². The maximum atomic E-state index is 9.85. The van der Waals surface area contributed by atoms with E-state index in [2.05, 4.69) is 8.37 Å². The summed E-state index contributed by atoms with van der Waals surface area (Å²) in [5, 5.41) is 0. The molecule has 0 amide bonds. The summed E-state index contributed by atoms with van der Waals surface area (Å²) >= 11 is -4.92. The molecule has 80 valence electrons. The molecule has 0 aromatic rings. The molecule has 8 heteroatoms. The van der Waals surface area contributed by atoms with E-state index in [1.54, 1.807) is 0 Å². The Bertz CT molecular complexity index is 154. The Morgan fingerprint density at radius 2 is 1.23 bits per heavy atom. The van der Waals surface area contributed by atoms with Crippen LogP contribution in [0.1, 0.15) is 19.3 Å². The van der Waals surface area contributed by atoms with Crippen LogP contribution < -0.4 is 0 Å². The van der Waals surface area contributed by atoms with E-state index in [1.807, 2.05) is 0 Å². The number of rotatable bonds is 8. The maximum absolute atomic E-state index is 9.85. The molecule has 0 aliphatic heterocycles. The molecule has 0 radical (unpaired) electrons. The fourth-order valence-electron chi connectivity index (χ4n) is 0.635. The van der Waals surface area contributed by atoms with Crippen LogP contribution in [0.3, 0.4) is 0 Å². The summed E-state index contributed by atoms with van der Waals surface area (Å²) < 4.78 is 47.8. The molecular formula is C5H10O6S2-2. The first-order valence-electron chi connectivity index (χ1n) is 3.58. The molecule has 6 nitrogen and oxygen atoms in total. The molecule has 0 saturated carbocycles. The van der Waals surface area contributed by atoms with Gasteiger partial charge in [0, 0.05) is 0 Å². The second-order valence-electron chi connectivity index (χ2n) is 2.11. The first kappa shape index (κ1) is 13.1. The van der Waals surface area contributed by atoms with Crippen LogP contribution in [0, 0.1) is 0 Å². The van der Waals surface area contributed by atoms with Crippen LogP contribution in [0.15, 0.2) is 0 Å². The van der Waals surface area contributed by atoms with Crippen molar-refractivity contribution in [2.24, 2.45) is 0 Å². The van der Waals surface area contributed by atoms with Crippen LogP contribution in [-0.4, -0.2) is 30.7 Å². The molecule has 0 aliphatic carbocycles. The molecular weight excluding hydrogens is 220 g/mol. The van der Waals surface area contributed by atoms with Gasteiger partial charge in [-0.05, 0) is 19.3 Å². The second-order valence-corrected chi connectivity index (χ2v) is 3.40. The molecule has 0 spiro atoms. The Hall–Kier alpha value is 0.140. The summed E-state index contributed by atoms with van der Waals surface area (Å²) in [6.07, 6.45) is 1.78. The highest BCUT2D eigenvalue weighted by molar-refractivity contribution is 7.74. The van der Waals surface area contributed by atoms with Gasteiger partial charge in [0.2, 0.25) is 0 Å². The summed E-state index contributed by atoms with van der Waals surface area (Å²) in [4.78, 5) is 0. The smallest absolute Gasteiger partial charge is 0.0842 e. The van der Waals surface area contributed by atoms with Gasteiger partial charge in [0.1, 0.15) is 0 Å². The SMILES string of the molecule is O=S([O-])OCCCCCOS(=O)[O-]. The fourth-order valence-corrected chi connectivity index (χ4v) is 1.14. The lowest BCUT2D eigenvalue weighted by atomic mass is 10.2. The van der Waals surface area contributed by atoms with E-state index in [9.17, 15) is 17.5 Å². The van der Waals surface area contributed by atoms with Crippen LogP contribution >= 0.6 is 0 Å². The molecule has 0 saturated heterocycles. The predicted octanol–water partition coefficient (Wildman–Crippen LogP) is -0.222. The normalized spacial score (nSPS) is 15.5. The van der Waals surface area contributed by atoms with Crippen molar-refractivity contribution in [1.82, 2.24) is 0 Å². The summed E-state index contributed by atoms with van der Waals surface area (Å²) in [6, 6.07) is 0. The van der Waals surface area contributed by atoms with Gasteiger partial charge in [-0.1, -0.05) is 0 Å². The van der Waals surface area contributed by atoms with E-state index in [0.717, 1.165) is 0 Å². The minimum absolute atomic E-state index is 0.122. The summed E-state index contributed by atoms with van der Waals surface area (Å²) in [6.45, 7) is 0.243. The molecule has 0 aromatic heterocycles. The Morgan fingerprint density at radius 3 is 1.54 bits per heavy atom. The van der Waals surface area contributed by atoms with Gasteiger partial charge in [0.05, 0.1) is 35.9 Å². The predicted molar refractivity (Wildman–Crippen MR) is 43.6 cm³/mol.